The second kappa shape index (κ2) is 5.34. The number of aliphatic hydroxyl groups is 1. The van der Waals surface area contributed by atoms with E-state index in [4.69, 9.17) is 9.47 Å². The second-order valence-corrected chi connectivity index (χ2v) is 6.91. The first kappa shape index (κ1) is 13.8. The Morgan fingerprint density at radius 1 is 1.16 bits per heavy atom. The summed E-state index contributed by atoms with van der Waals surface area (Å²) in [5.74, 6) is 0.421. The minimum atomic E-state index is -0.496. The SMILES string of the molecule is CCCC1CC(O)(C2CCOC3(CCC3)C2)CCO1. The van der Waals surface area contributed by atoms with Crippen LogP contribution in [0, 0.1) is 5.92 Å². The van der Waals surface area contributed by atoms with E-state index in [0.717, 1.165) is 51.7 Å². The van der Waals surface area contributed by atoms with Crippen molar-refractivity contribution in [3.05, 3.63) is 0 Å². The number of ether oxygens (including phenoxy) is 2. The van der Waals surface area contributed by atoms with Crippen LogP contribution in [0.2, 0.25) is 0 Å². The molecule has 0 aromatic heterocycles. The molecule has 3 atom stereocenters. The van der Waals surface area contributed by atoms with Crippen molar-refractivity contribution in [2.45, 2.75) is 82.0 Å². The smallest absolute Gasteiger partial charge is 0.0724 e. The first-order valence-electron chi connectivity index (χ1n) is 8.14. The fraction of sp³-hybridized carbons (Fsp3) is 1.00. The maximum Gasteiger partial charge on any atom is 0.0724 e. The molecule has 3 aliphatic rings. The van der Waals surface area contributed by atoms with Crippen molar-refractivity contribution < 1.29 is 14.6 Å². The van der Waals surface area contributed by atoms with Gasteiger partial charge in [-0.25, -0.2) is 0 Å². The molecule has 3 rings (SSSR count). The zero-order chi connectivity index (χ0) is 13.3. The molecule has 1 spiro atoms. The molecule has 0 aromatic carbocycles. The highest BCUT2D eigenvalue weighted by molar-refractivity contribution is 5.01. The lowest BCUT2D eigenvalue weighted by Crippen LogP contribution is -2.54. The van der Waals surface area contributed by atoms with E-state index < -0.39 is 5.60 Å². The molecule has 2 heterocycles. The molecule has 1 N–H and O–H groups in total. The van der Waals surface area contributed by atoms with E-state index in [0.29, 0.717) is 5.92 Å². The fourth-order valence-electron chi connectivity index (χ4n) is 4.24. The Hall–Kier alpha value is -0.120. The molecule has 1 saturated carbocycles. The summed E-state index contributed by atoms with van der Waals surface area (Å²) < 4.78 is 11.8. The third kappa shape index (κ3) is 2.70. The first-order chi connectivity index (χ1) is 9.16. The lowest BCUT2D eigenvalue weighted by molar-refractivity contribution is -0.199. The normalized spacial score (nSPS) is 42.0. The minimum Gasteiger partial charge on any atom is -0.389 e. The summed E-state index contributed by atoms with van der Waals surface area (Å²) in [6.45, 7) is 3.76. The molecule has 0 radical (unpaired) electrons. The molecule has 0 amide bonds. The van der Waals surface area contributed by atoms with Gasteiger partial charge >= 0.3 is 0 Å². The van der Waals surface area contributed by atoms with Crippen LogP contribution in [-0.4, -0.2) is 35.6 Å². The lowest BCUT2D eigenvalue weighted by atomic mass is 9.65. The van der Waals surface area contributed by atoms with Crippen molar-refractivity contribution in [2.75, 3.05) is 13.2 Å². The van der Waals surface area contributed by atoms with Gasteiger partial charge in [0.05, 0.1) is 17.3 Å². The van der Waals surface area contributed by atoms with Crippen molar-refractivity contribution in [3.63, 3.8) is 0 Å². The molecule has 3 nitrogen and oxygen atoms in total. The zero-order valence-corrected chi connectivity index (χ0v) is 12.2. The van der Waals surface area contributed by atoms with Gasteiger partial charge in [-0.15, -0.1) is 0 Å². The van der Waals surface area contributed by atoms with Crippen molar-refractivity contribution in [1.82, 2.24) is 0 Å². The number of rotatable bonds is 3. The van der Waals surface area contributed by atoms with Crippen LogP contribution >= 0.6 is 0 Å². The van der Waals surface area contributed by atoms with E-state index in [1.807, 2.05) is 0 Å². The van der Waals surface area contributed by atoms with Gasteiger partial charge in [0.15, 0.2) is 0 Å². The lowest BCUT2D eigenvalue weighted by Gasteiger charge is -2.52. The van der Waals surface area contributed by atoms with Crippen LogP contribution in [0.15, 0.2) is 0 Å². The maximum absolute atomic E-state index is 11.1. The number of hydrogen-bond acceptors (Lipinski definition) is 3. The molecule has 3 unspecified atom stereocenters. The van der Waals surface area contributed by atoms with Crippen LogP contribution in [0.25, 0.3) is 0 Å². The molecule has 0 aromatic rings. The van der Waals surface area contributed by atoms with Gasteiger partial charge in [-0.1, -0.05) is 13.3 Å². The Kier molecular flexibility index (Phi) is 3.89. The fourth-order valence-corrected chi connectivity index (χ4v) is 4.24. The second-order valence-electron chi connectivity index (χ2n) is 6.91. The standard InChI is InChI=1S/C16H28O3/c1-2-4-14-12-16(17,8-10-18-14)13-5-9-19-15(11-13)6-3-7-15/h13-14,17H,2-12H2,1H3. The Morgan fingerprint density at radius 2 is 2.00 bits per heavy atom. The number of hydrogen-bond donors (Lipinski definition) is 1. The molecule has 0 bridgehead atoms. The average molecular weight is 268 g/mol. The van der Waals surface area contributed by atoms with Gasteiger partial charge in [0.2, 0.25) is 0 Å². The summed E-state index contributed by atoms with van der Waals surface area (Å²) in [4.78, 5) is 0. The highest BCUT2D eigenvalue weighted by Gasteiger charge is 2.50. The van der Waals surface area contributed by atoms with Crippen LogP contribution in [0.5, 0.6) is 0 Å². The van der Waals surface area contributed by atoms with Gasteiger partial charge < -0.3 is 14.6 Å². The molecule has 3 heteroatoms. The summed E-state index contributed by atoms with van der Waals surface area (Å²) >= 11 is 0. The van der Waals surface area contributed by atoms with Crippen LogP contribution in [0.3, 0.4) is 0 Å². The molecule has 110 valence electrons. The average Bonchev–Trinajstić information content (AvgIpc) is 2.38. The molecular weight excluding hydrogens is 240 g/mol. The van der Waals surface area contributed by atoms with Gasteiger partial charge in [-0.2, -0.15) is 0 Å². The summed E-state index contributed by atoms with van der Waals surface area (Å²) in [5.41, 5.74) is -0.359. The summed E-state index contributed by atoms with van der Waals surface area (Å²) in [6, 6.07) is 0. The Balaban J connectivity index is 1.65. The van der Waals surface area contributed by atoms with E-state index in [2.05, 4.69) is 6.92 Å². The van der Waals surface area contributed by atoms with Crippen LogP contribution in [0.4, 0.5) is 0 Å². The highest BCUT2D eigenvalue weighted by atomic mass is 16.5. The maximum atomic E-state index is 11.1. The van der Waals surface area contributed by atoms with Crippen molar-refractivity contribution >= 4 is 0 Å². The summed E-state index contributed by atoms with van der Waals surface area (Å²) in [6.07, 6.45) is 9.93. The molecule has 2 saturated heterocycles. The van der Waals surface area contributed by atoms with E-state index >= 15 is 0 Å². The Morgan fingerprint density at radius 3 is 2.68 bits per heavy atom. The summed E-state index contributed by atoms with van der Waals surface area (Å²) in [5, 5.41) is 11.1. The Bertz CT molecular complexity index is 311. The third-order valence-electron chi connectivity index (χ3n) is 5.60. The van der Waals surface area contributed by atoms with Crippen LogP contribution < -0.4 is 0 Å². The third-order valence-corrected chi connectivity index (χ3v) is 5.60. The largest absolute Gasteiger partial charge is 0.389 e. The summed E-state index contributed by atoms with van der Waals surface area (Å²) in [7, 11) is 0. The van der Waals surface area contributed by atoms with Crippen molar-refractivity contribution in [1.29, 1.82) is 0 Å². The predicted molar refractivity (Wildman–Crippen MR) is 74.1 cm³/mol. The molecular formula is C16H28O3. The Labute approximate surface area is 116 Å². The van der Waals surface area contributed by atoms with Crippen LogP contribution in [0.1, 0.15) is 64.7 Å². The molecule has 3 fully saturated rings. The van der Waals surface area contributed by atoms with Gasteiger partial charge in [0.1, 0.15) is 0 Å². The van der Waals surface area contributed by atoms with Crippen LogP contribution in [-0.2, 0) is 9.47 Å². The monoisotopic (exact) mass is 268 g/mol. The van der Waals surface area contributed by atoms with Gasteiger partial charge in [0, 0.05) is 19.6 Å². The van der Waals surface area contributed by atoms with Gasteiger partial charge in [0.25, 0.3) is 0 Å². The van der Waals surface area contributed by atoms with E-state index in [-0.39, 0.29) is 11.7 Å². The predicted octanol–water partition coefficient (Wildman–Crippen LogP) is 3.05. The molecule has 2 aliphatic heterocycles. The van der Waals surface area contributed by atoms with Crippen molar-refractivity contribution in [2.24, 2.45) is 5.92 Å². The zero-order valence-electron chi connectivity index (χ0n) is 12.2. The first-order valence-corrected chi connectivity index (χ1v) is 8.14. The van der Waals surface area contributed by atoms with E-state index in [9.17, 15) is 5.11 Å². The highest BCUT2D eigenvalue weighted by Crippen LogP contribution is 2.49. The quantitative estimate of drug-likeness (QED) is 0.855. The molecule has 1 aliphatic carbocycles. The van der Waals surface area contributed by atoms with Gasteiger partial charge in [-0.3, -0.25) is 0 Å². The molecule has 19 heavy (non-hydrogen) atoms. The van der Waals surface area contributed by atoms with Gasteiger partial charge in [-0.05, 0) is 50.9 Å². The van der Waals surface area contributed by atoms with E-state index in [1.54, 1.807) is 0 Å². The van der Waals surface area contributed by atoms with E-state index in [1.165, 1.54) is 19.3 Å². The van der Waals surface area contributed by atoms with Crippen molar-refractivity contribution in [3.8, 4) is 0 Å². The topological polar surface area (TPSA) is 38.7 Å². The minimum absolute atomic E-state index is 0.136.